The number of amides is 1. The van der Waals surface area contributed by atoms with Gasteiger partial charge in [0.25, 0.3) is 0 Å². The second-order valence-corrected chi connectivity index (χ2v) is 7.38. The maximum Gasteiger partial charge on any atom is 0.221 e. The van der Waals surface area contributed by atoms with E-state index in [-0.39, 0.29) is 5.91 Å². The summed E-state index contributed by atoms with van der Waals surface area (Å²) in [7, 11) is 1.81. The number of benzene rings is 1. The van der Waals surface area contributed by atoms with Gasteiger partial charge in [0.1, 0.15) is 12.4 Å². The zero-order chi connectivity index (χ0) is 19.8. The minimum absolute atomic E-state index is 0.0956. The largest absolute Gasteiger partial charge is 0.492 e. The third kappa shape index (κ3) is 5.63. The SMILES string of the molecule is CN=C(NCCOc1cccc(NC(C)=O)c1)N1CCN(c2cccs2)CC1. The highest BCUT2D eigenvalue weighted by Crippen LogP contribution is 2.22. The molecular weight excluding hydrogens is 374 g/mol. The Hall–Kier alpha value is -2.74. The molecule has 2 aromatic rings. The van der Waals surface area contributed by atoms with Crippen molar-refractivity contribution in [3.05, 3.63) is 41.8 Å². The van der Waals surface area contributed by atoms with Crippen LogP contribution in [0.2, 0.25) is 0 Å². The molecule has 1 aromatic carbocycles. The van der Waals surface area contributed by atoms with Crippen LogP contribution in [-0.2, 0) is 4.79 Å². The normalized spacial score (nSPS) is 14.7. The van der Waals surface area contributed by atoms with Crippen molar-refractivity contribution in [2.45, 2.75) is 6.92 Å². The molecule has 2 heterocycles. The Morgan fingerprint density at radius 1 is 1.21 bits per heavy atom. The molecule has 0 saturated carbocycles. The molecule has 0 unspecified atom stereocenters. The van der Waals surface area contributed by atoms with Gasteiger partial charge in [-0.15, -0.1) is 11.3 Å². The number of hydrogen-bond acceptors (Lipinski definition) is 5. The molecule has 1 aliphatic rings. The van der Waals surface area contributed by atoms with Gasteiger partial charge in [0, 0.05) is 51.9 Å². The highest BCUT2D eigenvalue weighted by molar-refractivity contribution is 7.14. The summed E-state index contributed by atoms with van der Waals surface area (Å²) < 4.78 is 5.78. The van der Waals surface area contributed by atoms with Crippen LogP contribution < -0.4 is 20.3 Å². The van der Waals surface area contributed by atoms with E-state index in [1.807, 2.05) is 31.3 Å². The first-order valence-electron chi connectivity index (χ1n) is 9.40. The van der Waals surface area contributed by atoms with Crippen molar-refractivity contribution >= 4 is 33.9 Å². The molecule has 1 aromatic heterocycles. The van der Waals surface area contributed by atoms with Gasteiger partial charge in [-0.1, -0.05) is 6.07 Å². The molecule has 0 bridgehead atoms. The van der Waals surface area contributed by atoms with Crippen LogP contribution in [0.15, 0.2) is 46.8 Å². The van der Waals surface area contributed by atoms with Gasteiger partial charge in [-0.3, -0.25) is 9.79 Å². The monoisotopic (exact) mass is 401 g/mol. The molecule has 28 heavy (non-hydrogen) atoms. The van der Waals surface area contributed by atoms with Gasteiger partial charge < -0.3 is 25.2 Å². The van der Waals surface area contributed by atoms with Gasteiger partial charge >= 0.3 is 0 Å². The van der Waals surface area contributed by atoms with Gasteiger partial charge in [-0.2, -0.15) is 0 Å². The van der Waals surface area contributed by atoms with Crippen molar-refractivity contribution in [1.82, 2.24) is 10.2 Å². The summed E-state index contributed by atoms with van der Waals surface area (Å²) in [5, 5.41) is 9.58. The Labute approximate surface area is 170 Å². The molecule has 0 atom stereocenters. The standard InChI is InChI=1S/C20H27N5O2S/c1-16(26)23-17-5-3-6-18(15-17)27-13-8-22-20(21-2)25-11-9-24(10-12-25)19-7-4-14-28-19/h3-7,14-15H,8-13H2,1-2H3,(H,21,22)(H,23,26). The van der Waals surface area contributed by atoms with E-state index in [0.717, 1.165) is 43.6 Å². The maximum atomic E-state index is 11.1. The van der Waals surface area contributed by atoms with E-state index in [0.29, 0.717) is 13.2 Å². The van der Waals surface area contributed by atoms with Crippen LogP contribution in [0.1, 0.15) is 6.92 Å². The Morgan fingerprint density at radius 2 is 2.04 bits per heavy atom. The fourth-order valence-corrected chi connectivity index (χ4v) is 3.90. The first-order chi connectivity index (χ1) is 13.7. The number of nitrogens with zero attached hydrogens (tertiary/aromatic N) is 3. The molecule has 150 valence electrons. The molecule has 1 saturated heterocycles. The zero-order valence-electron chi connectivity index (χ0n) is 16.4. The van der Waals surface area contributed by atoms with Crippen LogP contribution in [0.25, 0.3) is 0 Å². The van der Waals surface area contributed by atoms with Gasteiger partial charge in [-0.05, 0) is 29.6 Å². The highest BCUT2D eigenvalue weighted by Gasteiger charge is 2.20. The summed E-state index contributed by atoms with van der Waals surface area (Å²) >= 11 is 1.79. The smallest absolute Gasteiger partial charge is 0.221 e. The summed E-state index contributed by atoms with van der Waals surface area (Å²) in [6.45, 7) is 6.53. The first kappa shape index (κ1) is 20.0. The number of carbonyl (C=O) groups is 1. The lowest BCUT2D eigenvalue weighted by Gasteiger charge is -2.37. The second-order valence-electron chi connectivity index (χ2n) is 6.46. The maximum absolute atomic E-state index is 11.1. The molecule has 1 amide bonds. The van der Waals surface area contributed by atoms with E-state index in [1.54, 1.807) is 11.3 Å². The third-order valence-corrected chi connectivity index (χ3v) is 5.35. The highest BCUT2D eigenvalue weighted by atomic mass is 32.1. The molecule has 0 aliphatic carbocycles. The molecule has 3 rings (SSSR count). The van der Waals surface area contributed by atoms with E-state index in [9.17, 15) is 4.79 Å². The number of aliphatic imine (C=N–C) groups is 1. The Bertz CT molecular complexity index is 786. The average molecular weight is 402 g/mol. The number of ether oxygens (including phenoxy) is 1. The quantitative estimate of drug-likeness (QED) is 0.442. The van der Waals surface area contributed by atoms with E-state index in [1.165, 1.54) is 11.9 Å². The number of piperazine rings is 1. The second kappa shape index (κ2) is 9.98. The predicted octanol–water partition coefficient (Wildman–Crippen LogP) is 2.48. The van der Waals surface area contributed by atoms with Crippen molar-refractivity contribution in [2.75, 3.05) is 56.6 Å². The van der Waals surface area contributed by atoms with Crippen molar-refractivity contribution in [1.29, 1.82) is 0 Å². The van der Waals surface area contributed by atoms with E-state index < -0.39 is 0 Å². The molecular formula is C20H27N5O2S. The van der Waals surface area contributed by atoms with Crippen molar-refractivity contribution in [3.63, 3.8) is 0 Å². The third-order valence-electron chi connectivity index (χ3n) is 4.42. The number of anilines is 2. The first-order valence-corrected chi connectivity index (χ1v) is 10.3. The summed E-state index contributed by atoms with van der Waals surface area (Å²) in [4.78, 5) is 20.2. The van der Waals surface area contributed by atoms with Crippen LogP contribution in [0.4, 0.5) is 10.7 Å². The van der Waals surface area contributed by atoms with Crippen LogP contribution >= 0.6 is 11.3 Å². The summed E-state index contributed by atoms with van der Waals surface area (Å²) in [5.41, 5.74) is 0.734. The molecule has 1 aliphatic heterocycles. The lowest BCUT2D eigenvalue weighted by molar-refractivity contribution is -0.114. The Morgan fingerprint density at radius 3 is 2.71 bits per heavy atom. The number of thiophene rings is 1. The van der Waals surface area contributed by atoms with Gasteiger partial charge in [0.05, 0.1) is 11.5 Å². The molecule has 0 spiro atoms. The van der Waals surface area contributed by atoms with Crippen LogP contribution in [0.5, 0.6) is 5.75 Å². The zero-order valence-corrected chi connectivity index (χ0v) is 17.2. The fourth-order valence-electron chi connectivity index (χ4n) is 3.12. The average Bonchev–Trinajstić information content (AvgIpc) is 3.23. The summed E-state index contributed by atoms with van der Waals surface area (Å²) in [6.07, 6.45) is 0. The van der Waals surface area contributed by atoms with Gasteiger partial charge in [0.2, 0.25) is 5.91 Å². The molecule has 2 N–H and O–H groups in total. The van der Waals surface area contributed by atoms with Crippen molar-refractivity contribution in [2.24, 2.45) is 4.99 Å². The minimum atomic E-state index is -0.0956. The number of hydrogen-bond donors (Lipinski definition) is 2. The number of carbonyl (C=O) groups excluding carboxylic acids is 1. The Kier molecular flexibility index (Phi) is 7.13. The van der Waals surface area contributed by atoms with Gasteiger partial charge in [0.15, 0.2) is 5.96 Å². The molecule has 0 radical (unpaired) electrons. The van der Waals surface area contributed by atoms with E-state index in [2.05, 4.69) is 42.9 Å². The molecule has 8 heteroatoms. The van der Waals surface area contributed by atoms with Crippen molar-refractivity contribution in [3.8, 4) is 5.75 Å². The van der Waals surface area contributed by atoms with E-state index >= 15 is 0 Å². The van der Waals surface area contributed by atoms with Crippen LogP contribution in [-0.4, -0.2) is 63.1 Å². The molecule has 7 nitrogen and oxygen atoms in total. The van der Waals surface area contributed by atoms with Crippen molar-refractivity contribution < 1.29 is 9.53 Å². The number of rotatable bonds is 6. The van der Waals surface area contributed by atoms with Crippen LogP contribution in [0.3, 0.4) is 0 Å². The lowest BCUT2D eigenvalue weighted by atomic mass is 10.3. The number of guanidine groups is 1. The summed E-state index contributed by atoms with van der Waals surface area (Å²) in [6, 6.07) is 11.7. The Balaban J connectivity index is 1.41. The van der Waals surface area contributed by atoms with Gasteiger partial charge in [-0.25, -0.2) is 0 Å². The predicted molar refractivity (Wildman–Crippen MR) is 116 cm³/mol. The van der Waals surface area contributed by atoms with Crippen LogP contribution in [0, 0.1) is 0 Å². The fraction of sp³-hybridized carbons (Fsp3) is 0.400. The summed E-state index contributed by atoms with van der Waals surface area (Å²) in [5.74, 6) is 1.54. The van der Waals surface area contributed by atoms with E-state index in [4.69, 9.17) is 4.74 Å². The lowest BCUT2D eigenvalue weighted by Crippen LogP contribution is -2.52. The minimum Gasteiger partial charge on any atom is -0.492 e. The number of nitrogens with one attached hydrogen (secondary N) is 2. The topological polar surface area (TPSA) is 69.2 Å². The molecule has 1 fully saturated rings.